The van der Waals surface area contributed by atoms with Crippen LogP contribution in [0.15, 0.2) is 30.4 Å². The molecule has 2 aliphatic carbocycles. The second-order valence-electron chi connectivity index (χ2n) is 7.23. The minimum Gasteiger partial charge on any atom is -0.491 e. The van der Waals surface area contributed by atoms with Gasteiger partial charge in [-0.25, -0.2) is 0 Å². The van der Waals surface area contributed by atoms with Crippen LogP contribution in [0.2, 0.25) is 0 Å². The zero-order chi connectivity index (χ0) is 16.4. The zero-order valence-corrected chi connectivity index (χ0v) is 13.5. The van der Waals surface area contributed by atoms with Gasteiger partial charge in [0.15, 0.2) is 0 Å². The van der Waals surface area contributed by atoms with Crippen molar-refractivity contribution in [1.82, 2.24) is 0 Å². The van der Waals surface area contributed by atoms with Crippen LogP contribution in [0.4, 0.5) is 5.69 Å². The van der Waals surface area contributed by atoms with E-state index in [-0.39, 0.29) is 41.6 Å². The number of carbonyl (C=O) groups excluding carboxylic acids is 2. The number of aryl methyl sites for hydroxylation is 1. The van der Waals surface area contributed by atoms with Crippen LogP contribution in [0, 0.1) is 30.6 Å². The molecule has 24 heavy (non-hydrogen) atoms. The minimum atomic E-state index is -0.157. The van der Waals surface area contributed by atoms with Gasteiger partial charge in [-0.2, -0.15) is 0 Å². The second-order valence-corrected chi connectivity index (χ2v) is 7.23. The molecule has 5 unspecified atom stereocenters. The van der Waals surface area contributed by atoms with Gasteiger partial charge in [-0.1, -0.05) is 12.2 Å². The van der Waals surface area contributed by atoms with Crippen LogP contribution in [0.1, 0.15) is 12.0 Å². The van der Waals surface area contributed by atoms with Gasteiger partial charge in [-0.3, -0.25) is 14.5 Å². The van der Waals surface area contributed by atoms with Crippen molar-refractivity contribution < 1.29 is 19.1 Å². The predicted octanol–water partition coefficient (Wildman–Crippen LogP) is 2.08. The van der Waals surface area contributed by atoms with E-state index in [0.717, 1.165) is 24.3 Å². The van der Waals surface area contributed by atoms with Crippen molar-refractivity contribution in [3.05, 3.63) is 35.9 Å². The number of ether oxygens (including phenoxy) is 2. The summed E-state index contributed by atoms with van der Waals surface area (Å²) in [6, 6.07) is 5.52. The van der Waals surface area contributed by atoms with Crippen LogP contribution in [-0.2, 0) is 14.3 Å². The lowest BCUT2D eigenvalue weighted by Crippen LogP contribution is -2.32. The van der Waals surface area contributed by atoms with E-state index in [4.69, 9.17) is 9.47 Å². The Morgan fingerprint density at radius 1 is 1.17 bits per heavy atom. The topological polar surface area (TPSA) is 59.1 Å². The first kappa shape index (κ1) is 14.2. The average molecular weight is 325 g/mol. The smallest absolute Gasteiger partial charge is 0.238 e. The van der Waals surface area contributed by atoms with Gasteiger partial charge in [-0.15, -0.1) is 0 Å². The average Bonchev–Trinajstić information content (AvgIpc) is 3.06. The fraction of sp³-hybridized carbons (Fsp3) is 0.474. The summed E-state index contributed by atoms with van der Waals surface area (Å²) in [7, 11) is 0. The molecule has 5 heteroatoms. The summed E-state index contributed by atoms with van der Waals surface area (Å²) < 4.78 is 10.9. The molecule has 0 aromatic heterocycles. The third-order valence-electron chi connectivity index (χ3n) is 5.71. The maximum absolute atomic E-state index is 12.8. The first-order valence-electron chi connectivity index (χ1n) is 8.54. The van der Waals surface area contributed by atoms with Crippen LogP contribution >= 0.6 is 0 Å². The Balaban J connectivity index is 1.41. The van der Waals surface area contributed by atoms with Crippen LogP contribution in [0.3, 0.4) is 0 Å². The Kier molecular flexibility index (Phi) is 2.92. The lowest BCUT2D eigenvalue weighted by molar-refractivity contribution is -0.123. The molecule has 2 heterocycles. The van der Waals surface area contributed by atoms with E-state index in [0.29, 0.717) is 12.3 Å². The molecule has 4 aliphatic rings. The summed E-state index contributed by atoms with van der Waals surface area (Å²) in [5.74, 6) is 0.858. The van der Waals surface area contributed by atoms with Gasteiger partial charge in [0, 0.05) is 0 Å². The molecule has 2 bridgehead atoms. The Hall–Kier alpha value is -2.14. The van der Waals surface area contributed by atoms with E-state index in [1.807, 2.05) is 25.1 Å². The van der Waals surface area contributed by atoms with Crippen LogP contribution in [0.5, 0.6) is 5.75 Å². The quantitative estimate of drug-likeness (QED) is 0.483. The summed E-state index contributed by atoms with van der Waals surface area (Å²) in [5, 5.41) is 0. The molecule has 5 nitrogen and oxygen atoms in total. The third-order valence-corrected chi connectivity index (χ3v) is 5.71. The van der Waals surface area contributed by atoms with E-state index in [1.165, 1.54) is 4.90 Å². The van der Waals surface area contributed by atoms with Crippen molar-refractivity contribution in [1.29, 1.82) is 0 Å². The molecule has 2 saturated heterocycles. The van der Waals surface area contributed by atoms with Crippen LogP contribution in [-0.4, -0.2) is 31.1 Å². The number of rotatable bonds is 4. The number of epoxide rings is 1. The number of nitrogens with zero attached hydrogens (tertiary/aromatic N) is 1. The van der Waals surface area contributed by atoms with Crippen molar-refractivity contribution in [2.75, 3.05) is 18.1 Å². The van der Waals surface area contributed by atoms with E-state index in [9.17, 15) is 9.59 Å². The molecule has 1 aromatic carbocycles. The number of allylic oxidation sites excluding steroid dienone is 2. The highest BCUT2D eigenvalue weighted by atomic mass is 16.6. The number of imide groups is 1. The first-order chi connectivity index (χ1) is 11.6. The van der Waals surface area contributed by atoms with Gasteiger partial charge in [0.1, 0.15) is 18.5 Å². The number of hydrogen-bond donors (Lipinski definition) is 0. The Bertz CT molecular complexity index is 737. The molecular formula is C19H19NO4. The molecular weight excluding hydrogens is 306 g/mol. The molecule has 1 aromatic rings. The maximum atomic E-state index is 12.8. The highest BCUT2D eigenvalue weighted by Gasteiger charge is 2.59. The van der Waals surface area contributed by atoms with E-state index in [1.54, 1.807) is 0 Å². The van der Waals surface area contributed by atoms with Crippen molar-refractivity contribution in [2.45, 2.75) is 19.4 Å². The second kappa shape index (κ2) is 4.93. The van der Waals surface area contributed by atoms with Crippen molar-refractivity contribution in [3.63, 3.8) is 0 Å². The lowest BCUT2D eigenvalue weighted by atomic mass is 9.85. The number of amides is 2. The number of fused-ring (bicyclic) bond motifs is 5. The lowest BCUT2D eigenvalue weighted by Gasteiger charge is -2.19. The van der Waals surface area contributed by atoms with Gasteiger partial charge in [0.2, 0.25) is 11.8 Å². The fourth-order valence-electron chi connectivity index (χ4n) is 4.44. The molecule has 1 saturated carbocycles. The van der Waals surface area contributed by atoms with Gasteiger partial charge in [0.05, 0.1) is 24.1 Å². The third kappa shape index (κ3) is 1.97. The summed E-state index contributed by atoms with van der Waals surface area (Å²) >= 11 is 0. The number of carbonyl (C=O) groups is 2. The predicted molar refractivity (Wildman–Crippen MR) is 86.6 cm³/mol. The van der Waals surface area contributed by atoms with Crippen LogP contribution in [0.25, 0.3) is 0 Å². The standard InChI is InChI=1S/C19H19NO4/c1-10-6-13(4-5-15(10)24-9-14-8-23-14)20-18(21)16-11-2-3-12(7-11)17(16)19(20)22/h2-6,11-12,14,16-17H,7-9H2,1H3. The number of hydrogen-bond acceptors (Lipinski definition) is 4. The molecule has 5 rings (SSSR count). The molecule has 0 N–H and O–H groups in total. The van der Waals surface area contributed by atoms with E-state index in [2.05, 4.69) is 12.2 Å². The largest absolute Gasteiger partial charge is 0.491 e. The summed E-state index contributed by atoms with van der Waals surface area (Å²) in [4.78, 5) is 27.1. The fourth-order valence-corrected chi connectivity index (χ4v) is 4.44. The Labute approximate surface area is 140 Å². The highest BCUT2D eigenvalue weighted by Crippen LogP contribution is 2.53. The Morgan fingerprint density at radius 2 is 1.83 bits per heavy atom. The maximum Gasteiger partial charge on any atom is 0.238 e. The highest BCUT2D eigenvalue weighted by molar-refractivity contribution is 6.22. The Morgan fingerprint density at radius 3 is 2.42 bits per heavy atom. The molecule has 2 aliphatic heterocycles. The molecule has 5 atom stereocenters. The number of benzene rings is 1. The first-order valence-corrected chi connectivity index (χ1v) is 8.54. The molecule has 0 spiro atoms. The van der Waals surface area contributed by atoms with Crippen molar-refractivity contribution >= 4 is 17.5 Å². The summed E-state index contributed by atoms with van der Waals surface area (Å²) in [6.07, 6.45) is 5.38. The van der Waals surface area contributed by atoms with Crippen LogP contribution < -0.4 is 9.64 Å². The molecule has 2 amide bonds. The summed E-state index contributed by atoms with van der Waals surface area (Å²) in [6.45, 7) is 3.23. The van der Waals surface area contributed by atoms with Crippen molar-refractivity contribution in [3.8, 4) is 5.75 Å². The molecule has 124 valence electrons. The minimum absolute atomic E-state index is 0.0405. The molecule has 0 radical (unpaired) electrons. The van der Waals surface area contributed by atoms with Gasteiger partial charge >= 0.3 is 0 Å². The van der Waals surface area contributed by atoms with Crippen molar-refractivity contribution in [2.24, 2.45) is 23.7 Å². The molecule has 3 fully saturated rings. The van der Waals surface area contributed by atoms with E-state index < -0.39 is 0 Å². The normalized spacial score (nSPS) is 35.7. The number of anilines is 1. The zero-order valence-electron chi connectivity index (χ0n) is 13.5. The van der Waals surface area contributed by atoms with Gasteiger partial charge < -0.3 is 9.47 Å². The van der Waals surface area contributed by atoms with E-state index >= 15 is 0 Å². The van der Waals surface area contributed by atoms with Gasteiger partial charge in [-0.05, 0) is 48.9 Å². The summed E-state index contributed by atoms with van der Waals surface area (Å²) in [5.41, 5.74) is 1.58. The SMILES string of the molecule is Cc1cc(N2C(=O)C3C4C=CC(C4)C3C2=O)ccc1OCC1CO1. The van der Waals surface area contributed by atoms with Gasteiger partial charge in [0.25, 0.3) is 0 Å². The monoisotopic (exact) mass is 325 g/mol.